The smallest absolute Gasteiger partial charge is 0.262 e. The van der Waals surface area contributed by atoms with Gasteiger partial charge in [-0.3, -0.25) is 14.4 Å². The number of likely N-dealkylation sites (N-methyl/N-ethyl adjacent to an activating group) is 1. The molecule has 114 valence electrons. The highest BCUT2D eigenvalue weighted by atomic mass is 16.5. The van der Waals surface area contributed by atoms with Crippen LogP contribution in [0.15, 0.2) is 11.0 Å². The number of nitrogens with one attached hydrogen (secondary N) is 1. The fraction of sp³-hybridized carbons (Fsp3) is 0.643. The molecule has 0 aromatic carbocycles. The summed E-state index contributed by atoms with van der Waals surface area (Å²) in [5, 5.41) is 4.60. The maximum atomic E-state index is 12.0. The summed E-state index contributed by atoms with van der Waals surface area (Å²) < 4.78 is 7.36. The van der Waals surface area contributed by atoms with E-state index in [1.165, 1.54) is 6.42 Å². The van der Waals surface area contributed by atoms with Crippen molar-refractivity contribution in [3.05, 3.63) is 22.4 Å². The van der Waals surface area contributed by atoms with E-state index < -0.39 is 0 Å². The molecule has 1 saturated heterocycles. The summed E-state index contributed by atoms with van der Waals surface area (Å²) in [5.74, 6) is 0.661. The predicted molar refractivity (Wildman–Crippen MR) is 79.1 cm³/mol. The van der Waals surface area contributed by atoms with E-state index >= 15 is 0 Å². The van der Waals surface area contributed by atoms with Gasteiger partial charge in [-0.15, -0.1) is 0 Å². The molecular weight excluding hydrogens is 270 g/mol. The van der Waals surface area contributed by atoms with Crippen LogP contribution in [0.1, 0.15) is 25.1 Å². The number of hydrogen-bond donors (Lipinski definition) is 1. The summed E-state index contributed by atoms with van der Waals surface area (Å²) in [5.41, 5.74) is 0.487. The molecular formula is C14H21N5O2. The number of ether oxygens (including phenoxy) is 1. The topological polar surface area (TPSA) is 76.0 Å². The van der Waals surface area contributed by atoms with Crippen molar-refractivity contribution in [3.8, 4) is 0 Å². The minimum Gasteiger partial charge on any atom is -0.377 e. The van der Waals surface area contributed by atoms with Crippen molar-refractivity contribution in [1.29, 1.82) is 0 Å². The van der Waals surface area contributed by atoms with Gasteiger partial charge >= 0.3 is 0 Å². The van der Waals surface area contributed by atoms with Gasteiger partial charge in [-0.05, 0) is 26.3 Å². The fourth-order valence-electron chi connectivity index (χ4n) is 2.77. The first-order valence-corrected chi connectivity index (χ1v) is 7.34. The lowest BCUT2D eigenvalue weighted by atomic mass is 10.1. The van der Waals surface area contributed by atoms with E-state index in [1.54, 1.807) is 17.9 Å². The van der Waals surface area contributed by atoms with Gasteiger partial charge in [0.15, 0.2) is 5.65 Å². The molecule has 1 fully saturated rings. The number of aromatic amines is 1. The summed E-state index contributed by atoms with van der Waals surface area (Å²) in [6.07, 6.45) is 5.33. The predicted octanol–water partition coefficient (Wildman–Crippen LogP) is 0.657. The van der Waals surface area contributed by atoms with E-state index in [0.29, 0.717) is 23.4 Å². The minimum absolute atomic E-state index is 0.134. The normalized spacial score (nSPS) is 19.5. The first-order valence-electron chi connectivity index (χ1n) is 7.34. The van der Waals surface area contributed by atoms with Gasteiger partial charge in [-0.25, -0.2) is 4.98 Å². The van der Waals surface area contributed by atoms with Gasteiger partial charge < -0.3 is 9.72 Å². The van der Waals surface area contributed by atoms with Crippen LogP contribution >= 0.6 is 0 Å². The van der Waals surface area contributed by atoms with Crippen molar-refractivity contribution in [2.24, 2.45) is 7.05 Å². The third-order valence-electron chi connectivity index (χ3n) is 3.86. The zero-order valence-corrected chi connectivity index (χ0v) is 12.5. The van der Waals surface area contributed by atoms with Gasteiger partial charge in [0.2, 0.25) is 0 Å². The summed E-state index contributed by atoms with van der Waals surface area (Å²) in [7, 11) is 3.81. The Labute approximate surface area is 122 Å². The Morgan fingerprint density at radius 2 is 2.38 bits per heavy atom. The zero-order valence-electron chi connectivity index (χ0n) is 12.5. The van der Waals surface area contributed by atoms with Crippen LogP contribution in [0, 0.1) is 0 Å². The molecule has 0 radical (unpaired) electrons. The number of rotatable bonds is 4. The summed E-state index contributed by atoms with van der Waals surface area (Å²) in [4.78, 5) is 21.4. The Morgan fingerprint density at radius 3 is 3.14 bits per heavy atom. The average Bonchev–Trinajstić information content (AvgIpc) is 2.82. The van der Waals surface area contributed by atoms with Crippen LogP contribution in [0.3, 0.4) is 0 Å². The van der Waals surface area contributed by atoms with Crippen molar-refractivity contribution in [2.75, 3.05) is 20.2 Å². The third-order valence-corrected chi connectivity index (χ3v) is 3.86. The average molecular weight is 291 g/mol. The number of aromatic nitrogens is 4. The highest BCUT2D eigenvalue weighted by Gasteiger charge is 2.17. The largest absolute Gasteiger partial charge is 0.377 e. The van der Waals surface area contributed by atoms with Crippen LogP contribution in [-0.4, -0.2) is 51.0 Å². The number of nitrogens with zero attached hydrogens (tertiary/aromatic N) is 4. The SMILES string of the molecule is CN(Cc1nc2c(cnn2C)c(=O)[nH]1)C[C@H]1CCCCO1. The molecule has 0 bridgehead atoms. The van der Waals surface area contributed by atoms with Gasteiger partial charge in [0.1, 0.15) is 11.2 Å². The highest BCUT2D eigenvalue weighted by molar-refractivity contribution is 5.72. The lowest BCUT2D eigenvalue weighted by Crippen LogP contribution is -2.33. The molecule has 7 nitrogen and oxygen atoms in total. The number of fused-ring (bicyclic) bond motifs is 1. The molecule has 1 aliphatic heterocycles. The van der Waals surface area contributed by atoms with Crippen LogP contribution in [0.2, 0.25) is 0 Å². The summed E-state index contributed by atoms with van der Waals surface area (Å²) >= 11 is 0. The van der Waals surface area contributed by atoms with Crippen LogP contribution < -0.4 is 5.56 Å². The van der Waals surface area contributed by atoms with Gasteiger partial charge in [-0.2, -0.15) is 5.10 Å². The van der Waals surface area contributed by atoms with E-state index in [1.807, 2.05) is 7.05 Å². The molecule has 0 aliphatic carbocycles. The Balaban J connectivity index is 1.71. The maximum Gasteiger partial charge on any atom is 0.262 e. The van der Waals surface area contributed by atoms with Gasteiger partial charge in [0.25, 0.3) is 5.56 Å². The Kier molecular flexibility index (Phi) is 4.03. The zero-order chi connectivity index (χ0) is 14.8. The summed E-state index contributed by atoms with van der Waals surface area (Å²) in [6, 6.07) is 0. The molecule has 3 rings (SSSR count). The molecule has 0 unspecified atom stereocenters. The molecule has 21 heavy (non-hydrogen) atoms. The molecule has 2 aromatic rings. The standard InChI is InChI=1S/C14H21N5O2/c1-18(8-10-5-3-4-6-21-10)9-12-16-13-11(14(20)17-12)7-15-19(13)2/h7,10H,3-6,8-9H2,1-2H3,(H,16,17,20)/t10-/m1/s1. The second kappa shape index (κ2) is 5.95. The van der Waals surface area contributed by atoms with Gasteiger partial charge in [0, 0.05) is 20.2 Å². The summed E-state index contributed by atoms with van der Waals surface area (Å²) in [6.45, 7) is 2.30. The molecule has 1 N–H and O–H groups in total. The molecule has 3 heterocycles. The molecule has 0 spiro atoms. The molecule has 2 aromatic heterocycles. The van der Waals surface area contributed by atoms with Crippen molar-refractivity contribution in [3.63, 3.8) is 0 Å². The van der Waals surface area contributed by atoms with Gasteiger partial charge in [0.05, 0.1) is 18.8 Å². The lowest BCUT2D eigenvalue weighted by molar-refractivity contribution is -0.00291. The quantitative estimate of drug-likeness (QED) is 0.895. The number of hydrogen-bond acceptors (Lipinski definition) is 5. The maximum absolute atomic E-state index is 12.0. The van der Waals surface area contributed by atoms with Crippen molar-refractivity contribution in [1.82, 2.24) is 24.6 Å². The first-order chi connectivity index (χ1) is 10.1. The Morgan fingerprint density at radius 1 is 1.52 bits per heavy atom. The van der Waals surface area contributed by atoms with Crippen LogP contribution in [0.4, 0.5) is 0 Å². The number of aryl methyl sites for hydroxylation is 1. The van der Waals surface area contributed by atoms with Crippen molar-refractivity contribution in [2.45, 2.75) is 31.9 Å². The van der Waals surface area contributed by atoms with Crippen molar-refractivity contribution < 1.29 is 4.74 Å². The van der Waals surface area contributed by atoms with Crippen LogP contribution in [0.25, 0.3) is 11.0 Å². The molecule has 0 amide bonds. The second-order valence-electron chi connectivity index (χ2n) is 5.70. The number of H-pyrrole nitrogens is 1. The lowest BCUT2D eigenvalue weighted by Gasteiger charge is -2.27. The fourth-order valence-corrected chi connectivity index (χ4v) is 2.77. The van der Waals surface area contributed by atoms with E-state index in [9.17, 15) is 4.79 Å². The van der Waals surface area contributed by atoms with E-state index in [-0.39, 0.29) is 11.7 Å². The Hall–Kier alpha value is -1.73. The van der Waals surface area contributed by atoms with E-state index in [2.05, 4.69) is 20.0 Å². The molecule has 1 aliphatic rings. The highest BCUT2D eigenvalue weighted by Crippen LogP contribution is 2.14. The molecule has 1 atom stereocenters. The second-order valence-corrected chi connectivity index (χ2v) is 5.70. The molecule has 0 saturated carbocycles. The van der Waals surface area contributed by atoms with Crippen molar-refractivity contribution >= 4 is 11.0 Å². The van der Waals surface area contributed by atoms with Crippen LogP contribution in [-0.2, 0) is 18.3 Å². The van der Waals surface area contributed by atoms with Gasteiger partial charge in [-0.1, -0.05) is 0 Å². The first kappa shape index (κ1) is 14.2. The third kappa shape index (κ3) is 3.14. The monoisotopic (exact) mass is 291 g/mol. The van der Waals surface area contributed by atoms with E-state index in [0.717, 1.165) is 26.0 Å². The Bertz CT molecular complexity index is 672. The molecule has 7 heteroatoms. The minimum atomic E-state index is -0.134. The van der Waals surface area contributed by atoms with Crippen LogP contribution in [0.5, 0.6) is 0 Å². The van der Waals surface area contributed by atoms with E-state index in [4.69, 9.17) is 4.74 Å².